The lowest BCUT2D eigenvalue weighted by Gasteiger charge is -2.24. The van der Waals surface area contributed by atoms with Gasteiger partial charge in [0.1, 0.15) is 4.90 Å². The molecule has 0 saturated heterocycles. The number of amides is 1. The normalized spacial score (nSPS) is 12.4. The number of hydrogen-bond donors (Lipinski definition) is 3. The third-order valence-corrected chi connectivity index (χ3v) is 4.28. The number of hydrogen-bond acceptors (Lipinski definition) is 4. The number of halogens is 1. The van der Waals surface area contributed by atoms with Crippen molar-refractivity contribution in [1.82, 2.24) is 4.72 Å². The maximum Gasteiger partial charge on any atom is 0.243 e. The van der Waals surface area contributed by atoms with Crippen LogP contribution in [0.2, 0.25) is 5.02 Å². The zero-order valence-electron chi connectivity index (χ0n) is 10.6. The molecule has 19 heavy (non-hydrogen) atoms. The van der Waals surface area contributed by atoms with Crippen molar-refractivity contribution in [3.8, 4) is 0 Å². The summed E-state index contributed by atoms with van der Waals surface area (Å²) in [6.45, 7) is 3.10. The molecule has 0 radical (unpaired) electrons. The van der Waals surface area contributed by atoms with E-state index in [1.807, 2.05) is 0 Å². The van der Waals surface area contributed by atoms with E-state index in [-0.39, 0.29) is 22.0 Å². The molecule has 8 heteroatoms. The molecule has 0 aromatic heterocycles. The molecule has 0 spiro atoms. The summed E-state index contributed by atoms with van der Waals surface area (Å²) in [5.74, 6) is -0.605. The predicted molar refractivity (Wildman–Crippen MR) is 74.1 cm³/mol. The summed E-state index contributed by atoms with van der Waals surface area (Å²) in [7, 11) is -3.88. The van der Waals surface area contributed by atoms with Gasteiger partial charge >= 0.3 is 0 Å². The second-order valence-corrected chi connectivity index (χ2v) is 6.90. The zero-order chi connectivity index (χ0) is 14.8. The summed E-state index contributed by atoms with van der Waals surface area (Å²) < 4.78 is 26.8. The second-order valence-electron chi connectivity index (χ2n) is 4.81. The molecule has 1 rings (SSSR count). The molecule has 6 nitrogen and oxygen atoms in total. The van der Waals surface area contributed by atoms with E-state index in [1.165, 1.54) is 18.2 Å². The van der Waals surface area contributed by atoms with Crippen LogP contribution in [0, 0.1) is 0 Å². The predicted octanol–water partition coefficient (Wildman–Crippen LogP) is 0.855. The first-order valence-electron chi connectivity index (χ1n) is 5.41. The van der Waals surface area contributed by atoms with Crippen LogP contribution in [-0.2, 0) is 14.8 Å². The largest absolute Gasteiger partial charge is 0.398 e. The fourth-order valence-corrected chi connectivity index (χ4v) is 3.44. The Kier molecular flexibility index (Phi) is 4.44. The molecule has 0 saturated carbocycles. The first-order valence-corrected chi connectivity index (χ1v) is 7.27. The van der Waals surface area contributed by atoms with Gasteiger partial charge in [-0.2, -0.15) is 0 Å². The minimum Gasteiger partial charge on any atom is -0.398 e. The molecule has 1 aromatic rings. The van der Waals surface area contributed by atoms with Crippen molar-refractivity contribution in [3.63, 3.8) is 0 Å². The summed E-state index contributed by atoms with van der Waals surface area (Å²) in [6.07, 6.45) is -0.132. The Hall–Kier alpha value is -1.31. The van der Waals surface area contributed by atoms with Gasteiger partial charge in [-0.15, -0.1) is 0 Å². The van der Waals surface area contributed by atoms with Gasteiger partial charge in [0, 0.05) is 17.0 Å². The standard InChI is InChI=1S/C11H16ClN3O3S/c1-11(2,6-10(14)16)15-19(17,18)9-5-7(12)3-4-8(9)13/h3-5,15H,6,13H2,1-2H3,(H2,14,16). The Bertz CT molecular complexity index is 599. The van der Waals surface area contributed by atoms with Crippen LogP contribution in [0.1, 0.15) is 20.3 Å². The molecular weight excluding hydrogens is 290 g/mol. The molecule has 106 valence electrons. The van der Waals surface area contributed by atoms with Crippen molar-refractivity contribution in [2.24, 2.45) is 5.73 Å². The summed E-state index contributed by atoms with van der Waals surface area (Å²) in [6, 6.07) is 4.14. The van der Waals surface area contributed by atoms with Crippen molar-refractivity contribution in [3.05, 3.63) is 23.2 Å². The molecule has 5 N–H and O–H groups in total. The molecule has 1 aromatic carbocycles. The third kappa shape index (κ3) is 4.38. The summed E-state index contributed by atoms with van der Waals surface area (Å²) >= 11 is 5.76. The van der Waals surface area contributed by atoms with E-state index in [0.29, 0.717) is 0 Å². The Labute approximate surface area is 117 Å². The Morgan fingerprint density at radius 2 is 2.00 bits per heavy atom. The van der Waals surface area contributed by atoms with Gasteiger partial charge in [0.25, 0.3) is 0 Å². The number of nitrogens with two attached hydrogens (primary N) is 2. The van der Waals surface area contributed by atoms with Crippen LogP contribution in [0.25, 0.3) is 0 Å². The second kappa shape index (κ2) is 5.36. The molecular formula is C11H16ClN3O3S. The fourth-order valence-electron chi connectivity index (χ4n) is 1.63. The highest BCUT2D eigenvalue weighted by molar-refractivity contribution is 7.89. The van der Waals surface area contributed by atoms with E-state index in [9.17, 15) is 13.2 Å². The molecule has 0 aliphatic rings. The topological polar surface area (TPSA) is 115 Å². The van der Waals surface area contributed by atoms with Crippen molar-refractivity contribution in [2.45, 2.75) is 30.7 Å². The average molecular weight is 306 g/mol. The molecule has 0 fully saturated rings. The van der Waals surface area contributed by atoms with E-state index in [4.69, 9.17) is 23.1 Å². The van der Waals surface area contributed by atoms with Gasteiger partial charge in [-0.1, -0.05) is 11.6 Å². The number of carbonyl (C=O) groups excluding carboxylic acids is 1. The van der Waals surface area contributed by atoms with Crippen LogP contribution in [-0.4, -0.2) is 19.9 Å². The number of rotatable bonds is 5. The zero-order valence-corrected chi connectivity index (χ0v) is 12.2. The van der Waals surface area contributed by atoms with Crippen molar-refractivity contribution in [1.29, 1.82) is 0 Å². The summed E-state index contributed by atoms with van der Waals surface area (Å²) in [4.78, 5) is 10.8. The lowest BCUT2D eigenvalue weighted by atomic mass is 10.0. The molecule has 0 atom stereocenters. The quantitative estimate of drug-likeness (QED) is 0.699. The van der Waals surface area contributed by atoms with E-state index in [0.717, 1.165) is 0 Å². The first kappa shape index (κ1) is 15.7. The fraction of sp³-hybridized carbons (Fsp3) is 0.364. The Balaban J connectivity index is 3.11. The number of primary amides is 1. The van der Waals surface area contributed by atoms with Gasteiger partial charge in [0.15, 0.2) is 0 Å². The van der Waals surface area contributed by atoms with E-state index in [1.54, 1.807) is 13.8 Å². The lowest BCUT2D eigenvalue weighted by Crippen LogP contribution is -2.46. The highest BCUT2D eigenvalue weighted by atomic mass is 35.5. The van der Waals surface area contributed by atoms with Gasteiger partial charge < -0.3 is 11.5 Å². The van der Waals surface area contributed by atoms with Gasteiger partial charge in [0.05, 0.1) is 5.69 Å². The van der Waals surface area contributed by atoms with Crippen molar-refractivity contribution in [2.75, 3.05) is 5.73 Å². The number of nitrogens with one attached hydrogen (secondary N) is 1. The minimum atomic E-state index is -3.88. The summed E-state index contributed by atoms with van der Waals surface area (Å²) in [5.41, 5.74) is 9.76. The first-order chi connectivity index (χ1) is 8.53. The lowest BCUT2D eigenvalue weighted by molar-refractivity contribution is -0.119. The maximum atomic E-state index is 12.2. The van der Waals surface area contributed by atoms with Gasteiger partial charge in [0.2, 0.25) is 15.9 Å². The number of sulfonamides is 1. The molecule has 0 aliphatic carbocycles. The van der Waals surface area contributed by atoms with Crippen molar-refractivity contribution >= 4 is 33.2 Å². The minimum absolute atomic E-state index is 0.0757. The Morgan fingerprint density at radius 1 is 1.42 bits per heavy atom. The number of anilines is 1. The molecule has 0 bridgehead atoms. The van der Waals surface area contributed by atoms with Gasteiger partial charge in [-0.25, -0.2) is 13.1 Å². The number of benzene rings is 1. The van der Waals surface area contributed by atoms with E-state index < -0.39 is 21.5 Å². The van der Waals surface area contributed by atoms with Crippen LogP contribution in [0.5, 0.6) is 0 Å². The van der Waals surface area contributed by atoms with Gasteiger partial charge in [-0.05, 0) is 32.0 Å². The maximum absolute atomic E-state index is 12.2. The highest BCUT2D eigenvalue weighted by Crippen LogP contribution is 2.24. The average Bonchev–Trinajstić information content (AvgIpc) is 2.17. The SMILES string of the molecule is CC(C)(CC(N)=O)NS(=O)(=O)c1cc(Cl)ccc1N. The van der Waals surface area contributed by atoms with Crippen molar-refractivity contribution < 1.29 is 13.2 Å². The molecule has 1 amide bonds. The number of carbonyl (C=O) groups is 1. The monoisotopic (exact) mass is 305 g/mol. The molecule has 0 aliphatic heterocycles. The molecule has 0 heterocycles. The van der Waals surface area contributed by atoms with Crippen LogP contribution >= 0.6 is 11.6 Å². The smallest absolute Gasteiger partial charge is 0.243 e. The summed E-state index contributed by atoms with van der Waals surface area (Å²) in [5, 5.41) is 0.252. The van der Waals surface area contributed by atoms with E-state index in [2.05, 4.69) is 4.72 Å². The van der Waals surface area contributed by atoms with Crippen LogP contribution in [0.3, 0.4) is 0 Å². The van der Waals surface area contributed by atoms with Gasteiger partial charge in [-0.3, -0.25) is 4.79 Å². The molecule has 0 unspecified atom stereocenters. The number of nitrogen functional groups attached to an aromatic ring is 1. The van der Waals surface area contributed by atoms with Crippen LogP contribution < -0.4 is 16.2 Å². The van der Waals surface area contributed by atoms with E-state index >= 15 is 0 Å². The van der Waals surface area contributed by atoms with Crippen LogP contribution in [0.4, 0.5) is 5.69 Å². The third-order valence-electron chi connectivity index (χ3n) is 2.29. The van der Waals surface area contributed by atoms with Crippen LogP contribution in [0.15, 0.2) is 23.1 Å². The highest BCUT2D eigenvalue weighted by Gasteiger charge is 2.29. The Morgan fingerprint density at radius 3 is 2.53 bits per heavy atom.